The van der Waals surface area contributed by atoms with Crippen molar-refractivity contribution in [1.82, 2.24) is 24.8 Å². The summed E-state index contributed by atoms with van der Waals surface area (Å²) in [5.74, 6) is -0.334. The van der Waals surface area contributed by atoms with Crippen LogP contribution in [0.25, 0.3) is 21.4 Å². The lowest BCUT2D eigenvalue weighted by atomic mass is 10.2. The standard InChI is InChI=1S/C24H21ClFN9O2/c1-4-29-24(37)34-17-10-13(8-9-15(17)26)35-22(33-16-7-5-6-14(25)18(16)23(35)36)12(2)32-21-19(28-3)20(27)30-11-31-21/h5-12H,4H2,1-2H3,(H2,29,34,37)(H3,27,30,31,32)/t12-/m0/s1. The minimum absolute atomic E-state index is 0.00468. The second kappa shape index (κ2) is 10.5. The molecule has 0 bridgehead atoms. The molecular formula is C24H21ClFN9O2. The van der Waals surface area contributed by atoms with E-state index in [0.29, 0.717) is 12.1 Å². The van der Waals surface area contributed by atoms with E-state index in [1.54, 1.807) is 32.0 Å². The van der Waals surface area contributed by atoms with E-state index in [9.17, 15) is 14.0 Å². The molecule has 37 heavy (non-hydrogen) atoms. The van der Waals surface area contributed by atoms with Gasteiger partial charge in [0.2, 0.25) is 0 Å². The number of carbonyl (C=O) groups excluding carboxylic acids is 1. The molecule has 4 rings (SSSR count). The summed E-state index contributed by atoms with van der Waals surface area (Å²) in [7, 11) is 0. The quantitative estimate of drug-likeness (QED) is 0.275. The number of amides is 2. The molecule has 0 radical (unpaired) electrons. The van der Waals surface area contributed by atoms with Gasteiger partial charge in [-0.05, 0) is 44.2 Å². The Balaban J connectivity index is 1.91. The van der Waals surface area contributed by atoms with E-state index < -0.39 is 23.4 Å². The summed E-state index contributed by atoms with van der Waals surface area (Å²) in [6, 6.07) is 7.40. The Morgan fingerprint density at radius 2 is 2.08 bits per heavy atom. The number of nitrogen functional groups attached to an aromatic ring is 1. The number of carbonyl (C=O) groups is 1. The molecule has 0 spiro atoms. The third-order valence-corrected chi connectivity index (χ3v) is 5.68. The zero-order valence-corrected chi connectivity index (χ0v) is 20.5. The first-order valence-corrected chi connectivity index (χ1v) is 11.4. The van der Waals surface area contributed by atoms with Crippen LogP contribution in [0.4, 0.5) is 32.2 Å². The number of hydrogen-bond acceptors (Lipinski definition) is 7. The highest BCUT2D eigenvalue weighted by atomic mass is 35.5. The van der Waals surface area contributed by atoms with Gasteiger partial charge in [0.1, 0.15) is 29.6 Å². The van der Waals surface area contributed by atoms with Crippen molar-refractivity contribution >= 4 is 51.5 Å². The van der Waals surface area contributed by atoms with Gasteiger partial charge in [0, 0.05) is 6.54 Å². The first kappa shape index (κ1) is 25.3. The Morgan fingerprint density at radius 1 is 1.30 bits per heavy atom. The first-order valence-electron chi connectivity index (χ1n) is 11.1. The van der Waals surface area contributed by atoms with E-state index in [1.807, 2.05) is 0 Å². The van der Waals surface area contributed by atoms with Crippen LogP contribution in [0.3, 0.4) is 0 Å². The molecule has 2 heterocycles. The van der Waals surface area contributed by atoms with Crippen LogP contribution in [-0.2, 0) is 0 Å². The number of halogens is 2. The number of urea groups is 1. The third kappa shape index (κ3) is 4.98. The molecule has 0 aliphatic carbocycles. The minimum Gasteiger partial charge on any atom is -0.392 e. The van der Waals surface area contributed by atoms with Gasteiger partial charge in [0.05, 0.1) is 39.9 Å². The highest BCUT2D eigenvalue weighted by Gasteiger charge is 2.22. The number of nitrogens with zero attached hydrogens (tertiary/aromatic N) is 5. The lowest BCUT2D eigenvalue weighted by molar-refractivity contribution is 0.252. The number of anilines is 3. The zero-order valence-electron chi connectivity index (χ0n) is 19.7. The van der Waals surface area contributed by atoms with Crippen LogP contribution in [-0.4, -0.2) is 32.1 Å². The zero-order chi connectivity index (χ0) is 26.7. The molecule has 2 amide bonds. The van der Waals surface area contributed by atoms with Crippen LogP contribution in [0.1, 0.15) is 25.7 Å². The molecule has 1 atom stereocenters. The number of benzene rings is 2. The highest BCUT2D eigenvalue weighted by molar-refractivity contribution is 6.35. The van der Waals surface area contributed by atoms with Gasteiger partial charge in [0.25, 0.3) is 11.2 Å². The van der Waals surface area contributed by atoms with Crippen molar-refractivity contribution in [1.29, 1.82) is 0 Å². The molecule has 0 fully saturated rings. The fourth-order valence-corrected chi connectivity index (χ4v) is 3.95. The summed E-state index contributed by atoms with van der Waals surface area (Å²) >= 11 is 6.34. The van der Waals surface area contributed by atoms with Crippen LogP contribution in [0.15, 0.2) is 47.5 Å². The summed E-state index contributed by atoms with van der Waals surface area (Å²) in [6.45, 7) is 11.2. The topological polar surface area (TPSA) is 144 Å². The molecule has 2 aromatic carbocycles. The highest BCUT2D eigenvalue weighted by Crippen LogP contribution is 2.31. The monoisotopic (exact) mass is 521 g/mol. The van der Waals surface area contributed by atoms with Crippen LogP contribution >= 0.6 is 11.6 Å². The lowest BCUT2D eigenvalue weighted by Crippen LogP contribution is -2.29. The van der Waals surface area contributed by atoms with Crippen molar-refractivity contribution in [2.45, 2.75) is 19.9 Å². The van der Waals surface area contributed by atoms with E-state index in [-0.39, 0.29) is 44.9 Å². The van der Waals surface area contributed by atoms with E-state index in [0.717, 1.165) is 6.07 Å². The minimum atomic E-state index is -0.698. The fourth-order valence-electron chi connectivity index (χ4n) is 3.70. The number of nitrogens with one attached hydrogen (secondary N) is 3. The molecule has 5 N–H and O–H groups in total. The summed E-state index contributed by atoms with van der Waals surface area (Å²) in [5.41, 5.74) is 5.74. The fraction of sp³-hybridized carbons (Fsp3) is 0.167. The predicted molar refractivity (Wildman–Crippen MR) is 140 cm³/mol. The van der Waals surface area contributed by atoms with Gasteiger partial charge in [-0.3, -0.25) is 9.36 Å². The maximum atomic E-state index is 14.5. The van der Waals surface area contributed by atoms with Gasteiger partial charge in [-0.2, -0.15) is 0 Å². The molecule has 0 saturated heterocycles. The Hall–Kier alpha value is -4.76. The maximum absolute atomic E-state index is 14.5. The molecule has 0 aliphatic heterocycles. The number of rotatable bonds is 6. The first-order chi connectivity index (χ1) is 17.7. The molecule has 0 aliphatic rings. The maximum Gasteiger partial charge on any atom is 0.319 e. The molecule has 11 nitrogen and oxygen atoms in total. The van der Waals surface area contributed by atoms with E-state index in [2.05, 4.69) is 35.7 Å². The molecule has 0 saturated carbocycles. The molecule has 13 heteroatoms. The largest absolute Gasteiger partial charge is 0.392 e. The molecular weight excluding hydrogens is 501 g/mol. The van der Waals surface area contributed by atoms with E-state index in [4.69, 9.17) is 23.9 Å². The summed E-state index contributed by atoms with van der Waals surface area (Å²) < 4.78 is 15.8. The van der Waals surface area contributed by atoms with Gasteiger partial charge < -0.3 is 21.7 Å². The second-order valence-electron chi connectivity index (χ2n) is 7.83. The van der Waals surface area contributed by atoms with Gasteiger partial charge >= 0.3 is 6.03 Å². The number of hydrogen-bond donors (Lipinski definition) is 4. The van der Waals surface area contributed by atoms with E-state index in [1.165, 1.54) is 23.0 Å². The van der Waals surface area contributed by atoms with Crippen LogP contribution in [0, 0.1) is 12.4 Å². The average molecular weight is 522 g/mol. The predicted octanol–water partition coefficient (Wildman–Crippen LogP) is 4.42. The average Bonchev–Trinajstić information content (AvgIpc) is 2.85. The number of aromatic nitrogens is 4. The molecule has 188 valence electrons. The molecule has 4 aromatic rings. The Morgan fingerprint density at radius 3 is 2.81 bits per heavy atom. The van der Waals surface area contributed by atoms with Gasteiger partial charge in [-0.1, -0.05) is 17.7 Å². The van der Waals surface area contributed by atoms with Gasteiger partial charge in [-0.15, -0.1) is 0 Å². The summed E-state index contributed by atoms with van der Waals surface area (Å²) in [6.07, 6.45) is 1.21. The lowest BCUT2D eigenvalue weighted by Gasteiger charge is -2.21. The summed E-state index contributed by atoms with van der Waals surface area (Å²) in [5, 5.41) is 8.37. The van der Waals surface area contributed by atoms with Crippen molar-refractivity contribution in [3.63, 3.8) is 0 Å². The Bertz CT molecular complexity index is 1620. The van der Waals surface area contributed by atoms with Crippen molar-refractivity contribution in [3.8, 4) is 5.69 Å². The summed E-state index contributed by atoms with van der Waals surface area (Å²) in [4.78, 5) is 41.7. The van der Waals surface area contributed by atoms with Crippen LogP contribution in [0.2, 0.25) is 5.02 Å². The third-order valence-electron chi connectivity index (χ3n) is 5.37. The van der Waals surface area contributed by atoms with Crippen molar-refractivity contribution in [3.05, 3.63) is 81.2 Å². The normalized spacial score (nSPS) is 11.5. The smallest absolute Gasteiger partial charge is 0.319 e. The Labute approximate surface area is 215 Å². The molecule has 0 unspecified atom stereocenters. The molecule has 2 aromatic heterocycles. The van der Waals surface area contributed by atoms with Crippen molar-refractivity contribution in [2.75, 3.05) is 22.9 Å². The van der Waals surface area contributed by atoms with Gasteiger partial charge in [-0.25, -0.2) is 29.0 Å². The van der Waals surface area contributed by atoms with Crippen LogP contribution in [0.5, 0.6) is 0 Å². The van der Waals surface area contributed by atoms with Crippen LogP contribution < -0.4 is 27.2 Å². The Kier molecular flexibility index (Phi) is 7.17. The SMILES string of the molecule is [C-]#[N+]c1c(N)ncnc1N[C@@H](C)c1nc2cccc(Cl)c2c(=O)n1-c1ccc(F)c(NC(=O)NCC)c1. The second-order valence-corrected chi connectivity index (χ2v) is 8.23. The number of nitrogens with two attached hydrogens (primary N) is 1. The van der Waals surface area contributed by atoms with Crippen molar-refractivity contribution in [2.24, 2.45) is 0 Å². The van der Waals surface area contributed by atoms with E-state index >= 15 is 0 Å². The number of fused-ring (bicyclic) bond motifs is 1. The van der Waals surface area contributed by atoms with Crippen molar-refractivity contribution < 1.29 is 9.18 Å². The van der Waals surface area contributed by atoms with Gasteiger partial charge in [0.15, 0.2) is 0 Å².